The third-order valence-electron chi connectivity index (χ3n) is 3.14. The topological polar surface area (TPSA) is 55.5 Å². The summed E-state index contributed by atoms with van der Waals surface area (Å²) in [5, 5.41) is 9.95. The predicted molar refractivity (Wildman–Crippen MR) is 78.1 cm³/mol. The second kappa shape index (κ2) is 6.93. The summed E-state index contributed by atoms with van der Waals surface area (Å²) in [5.74, 6) is 0. The van der Waals surface area contributed by atoms with Crippen molar-refractivity contribution in [3.63, 3.8) is 0 Å². The van der Waals surface area contributed by atoms with E-state index in [-0.39, 0.29) is 0 Å². The van der Waals surface area contributed by atoms with E-state index in [1.807, 2.05) is 45.0 Å². The molecular formula is C14H25BNO2. The highest BCUT2D eigenvalue weighted by molar-refractivity contribution is 6.47. The third-order valence-corrected chi connectivity index (χ3v) is 3.14. The lowest BCUT2D eigenvalue weighted by Gasteiger charge is -2.37. The van der Waals surface area contributed by atoms with Gasteiger partial charge in [-0.05, 0) is 41.7 Å². The van der Waals surface area contributed by atoms with Crippen molar-refractivity contribution in [3.05, 3.63) is 29.8 Å². The molecule has 1 radical (unpaired) electrons. The molecule has 101 valence electrons. The van der Waals surface area contributed by atoms with Gasteiger partial charge >= 0.3 is 7.48 Å². The highest BCUT2D eigenvalue weighted by atomic mass is 16.5. The third kappa shape index (κ3) is 4.80. The fourth-order valence-electron chi connectivity index (χ4n) is 1.07. The molecule has 0 aromatic heterocycles. The Hall–Kier alpha value is -0.835. The fourth-order valence-corrected chi connectivity index (χ4v) is 1.07. The van der Waals surface area contributed by atoms with E-state index in [1.165, 1.54) is 7.05 Å². The molecule has 0 spiro atoms. The van der Waals surface area contributed by atoms with E-state index in [2.05, 4.69) is 5.73 Å². The number of hydrogen-bond donors (Lipinski definition) is 2. The highest BCUT2D eigenvalue weighted by Gasteiger charge is 2.35. The van der Waals surface area contributed by atoms with Crippen LogP contribution in [-0.4, -0.2) is 30.8 Å². The molecule has 0 unspecified atom stereocenters. The van der Waals surface area contributed by atoms with Crippen molar-refractivity contribution in [1.29, 1.82) is 0 Å². The maximum Gasteiger partial charge on any atom is 0.331 e. The molecule has 0 fully saturated rings. The molecule has 0 saturated heterocycles. The van der Waals surface area contributed by atoms with Crippen molar-refractivity contribution in [1.82, 2.24) is 0 Å². The standard InChI is InChI=1S/C13H20BO2.CH5N/c1-10-8-6-7-9-11(10)14-16-13(4,5)12(2,3)15;1-2/h6-9,15H,1-5H3;2H2,1H3. The number of aryl methyl sites for hydroxylation is 1. The van der Waals surface area contributed by atoms with Gasteiger partial charge in [-0.25, -0.2) is 0 Å². The second-order valence-electron chi connectivity index (χ2n) is 5.16. The maximum atomic E-state index is 9.95. The van der Waals surface area contributed by atoms with Crippen molar-refractivity contribution >= 4 is 12.9 Å². The average molecular weight is 250 g/mol. The van der Waals surface area contributed by atoms with E-state index in [4.69, 9.17) is 4.65 Å². The van der Waals surface area contributed by atoms with Gasteiger partial charge in [0.05, 0.1) is 11.2 Å². The number of aliphatic hydroxyl groups is 1. The van der Waals surface area contributed by atoms with Crippen LogP contribution in [0, 0.1) is 6.92 Å². The van der Waals surface area contributed by atoms with Crippen LogP contribution >= 0.6 is 0 Å². The Labute approximate surface area is 112 Å². The number of rotatable bonds is 4. The summed E-state index contributed by atoms with van der Waals surface area (Å²) in [6, 6.07) is 8.00. The zero-order valence-corrected chi connectivity index (χ0v) is 12.3. The molecule has 0 aliphatic rings. The monoisotopic (exact) mass is 250 g/mol. The summed E-state index contributed by atoms with van der Waals surface area (Å²) >= 11 is 0. The summed E-state index contributed by atoms with van der Waals surface area (Å²) in [6.07, 6.45) is 0. The van der Waals surface area contributed by atoms with Gasteiger partial charge in [0.2, 0.25) is 0 Å². The molecule has 0 atom stereocenters. The first-order valence-corrected chi connectivity index (χ1v) is 6.11. The minimum Gasteiger partial charge on any atom is -0.427 e. The van der Waals surface area contributed by atoms with Gasteiger partial charge in [0.15, 0.2) is 0 Å². The van der Waals surface area contributed by atoms with Gasteiger partial charge in [-0.3, -0.25) is 0 Å². The SMILES string of the molecule is CN.Cc1ccccc1[B]OC(C)(C)C(C)(C)O. The lowest BCUT2D eigenvalue weighted by molar-refractivity contribution is -0.0893. The van der Waals surface area contributed by atoms with Gasteiger partial charge in [0, 0.05) is 0 Å². The molecule has 1 aromatic carbocycles. The summed E-state index contributed by atoms with van der Waals surface area (Å²) in [5.41, 5.74) is 5.20. The molecule has 3 nitrogen and oxygen atoms in total. The van der Waals surface area contributed by atoms with E-state index < -0.39 is 11.2 Å². The van der Waals surface area contributed by atoms with Gasteiger partial charge in [-0.2, -0.15) is 0 Å². The van der Waals surface area contributed by atoms with Crippen LogP contribution in [0.3, 0.4) is 0 Å². The molecule has 0 aliphatic carbocycles. The van der Waals surface area contributed by atoms with Crippen LogP contribution in [0.2, 0.25) is 0 Å². The van der Waals surface area contributed by atoms with E-state index in [1.54, 1.807) is 21.3 Å². The smallest absolute Gasteiger partial charge is 0.331 e. The molecule has 0 amide bonds. The Balaban J connectivity index is 0.00000137. The summed E-state index contributed by atoms with van der Waals surface area (Å²) in [4.78, 5) is 0. The first kappa shape index (κ1) is 17.2. The minimum absolute atomic E-state index is 0.616. The minimum atomic E-state index is -0.883. The van der Waals surface area contributed by atoms with Crippen LogP contribution in [0.1, 0.15) is 33.3 Å². The van der Waals surface area contributed by atoms with E-state index in [0.29, 0.717) is 0 Å². The van der Waals surface area contributed by atoms with Crippen LogP contribution in [0.15, 0.2) is 24.3 Å². The number of benzene rings is 1. The van der Waals surface area contributed by atoms with E-state index >= 15 is 0 Å². The van der Waals surface area contributed by atoms with Crippen molar-refractivity contribution in [2.75, 3.05) is 7.05 Å². The number of nitrogens with two attached hydrogens (primary N) is 1. The number of hydrogen-bond acceptors (Lipinski definition) is 3. The molecule has 0 aliphatic heterocycles. The van der Waals surface area contributed by atoms with Crippen molar-refractivity contribution in [2.24, 2.45) is 5.73 Å². The van der Waals surface area contributed by atoms with E-state index in [0.717, 1.165) is 11.0 Å². The quantitative estimate of drug-likeness (QED) is 0.794. The van der Waals surface area contributed by atoms with Crippen molar-refractivity contribution < 1.29 is 9.76 Å². The average Bonchev–Trinajstić information content (AvgIpc) is 2.29. The lowest BCUT2D eigenvalue weighted by Crippen LogP contribution is -2.49. The molecule has 3 N–H and O–H groups in total. The van der Waals surface area contributed by atoms with Gasteiger partial charge in [-0.15, -0.1) is 0 Å². The predicted octanol–water partition coefficient (Wildman–Crippen LogP) is 1.38. The Kier molecular flexibility index (Phi) is 6.61. The van der Waals surface area contributed by atoms with Crippen LogP contribution in [0.4, 0.5) is 0 Å². The van der Waals surface area contributed by atoms with E-state index in [9.17, 15) is 5.11 Å². The summed E-state index contributed by atoms with van der Waals surface area (Å²) in [6.45, 7) is 9.28. The van der Waals surface area contributed by atoms with Gasteiger partial charge in [-0.1, -0.05) is 35.3 Å². The van der Waals surface area contributed by atoms with Crippen LogP contribution in [-0.2, 0) is 4.65 Å². The molecule has 1 aromatic rings. The zero-order chi connectivity index (χ0) is 14.4. The van der Waals surface area contributed by atoms with Gasteiger partial charge < -0.3 is 15.5 Å². The first-order valence-electron chi connectivity index (χ1n) is 6.11. The van der Waals surface area contributed by atoms with Crippen molar-refractivity contribution in [3.8, 4) is 0 Å². The van der Waals surface area contributed by atoms with Crippen LogP contribution in [0.5, 0.6) is 0 Å². The first-order chi connectivity index (χ1) is 8.24. The highest BCUT2D eigenvalue weighted by Crippen LogP contribution is 2.24. The molecule has 0 heterocycles. The van der Waals surface area contributed by atoms with Crippen molar-refractivity contribution in [2.45, 2.75) is 45.8 Å². The largest absolute Gasteiger partial charge is 0.427 e. The van der Waals surface area contributed by atoms with Crippen LogP contribution in [0.25, 0.3) is 0 Å². The Bertz CT molecular complexity index is 359. The molecular weight excluding hydrogens is 225 g/mol. The Morgan fingerprint density at radius 3 is 2.06 bits per heavy atom. The fraction of sp³-hybridized carbons (Fsp3) is 0.571. The summed E-state index contributed by atoms with van der Waals surface area (Å²) in [7, 11) is 3.22. The Morgan fingerprint density at radius 1 is 1.11 bits per heavy atom. The second-order valence-corrected chi connectivity index (χ2v) is 5.16. The molecule has 0 saturated carbocycles. The molecule has 18 heavy (non-hydrogen) atoms. The van der Waals surface area contributed by atoms with Gasteiger partial charge in [0.1, 0.15) is 0 Å². The van der Waals surface area contributed by atoms with Crippen LogP contribution < -0.4 is 11.2 Å². The molecule has 0 bridgehead atoms. The van der Waals surface area contributed by atoms with Gasteiger partial charge in [0.25, 0.3) is 0 Å². The Morgan fingerprint density at radius 2 is 1.61 bits per heavy atom. The summed E-state index contributed by atoms with van der Waals surface area (Å²) < 4.78 is 5.69. The maximum absolute atomic E-state index is 9.95. The molecule has 1 rings (SSSR count). The normalized spacial score (nSPS) is 11.6. The molecule has 4 heteroatoms. The zero-order valence-electron chi connectivity index (χ0n) is 12.3. The lowest BCUT2D eigenvalue weighted by atomic mass is 9.80.